The summed E-state index contributed by atoms with van der Waals surface area (Å²) >= 11 is 3.11. The molecule has 72 valence electrons. The van der Waals surface area contributed by atoms with Crippen LogP contribution >= 0.6 is 15.9 Å². The quantitative estimate of drug-likeness (QED) is 0.790. The van der Waals surface area contributed by atoms with Gasteiger partial charge in [0.1, 0.15) is 5.82 Å². The number of hydrogen-bond acceptors (Lipinski definition) is 2. The van der Waals surface area contributed by atoms with E-state index in [4.69, 9.17) is 5.73 Å². The van der Waals surface area contributed by atoms with Gasteiger partial charge >= 0.3 is 0 Å². The van der Waals surface area contributed by atoms with E-state index in [-0.39, 0.29) is 11.2 Å². The topological polar surface area (TPSA) is 38.9 Å². The predicted octanol–water partition coefficient (Wildman–Crippen LogP) is 2.86. The van der Waals surface area contributed by atoms with Crippen molar-refractivity contribution in [3.8, 4) is 0 Å². The molecule has 1 heterocycles. The van der Waals surface area contributed by atoms with Gasteiger partial charge < -0.3 is 5.73 Å². The average Bonchev–Trinajstić information content (AvgIpc) is 2.08. The molecule has 2 rings (SSSR count). The van der Waals surface area contributed by atoms with Crippen molar-refractivity contribution in [2.24, 2.45) is 0 Å². The van der Waals surface area contributed by atoms with Gasteiger partial charge in [0.2, 0.25) is 0 Å². The van der Waals surface area contributed by atoms with Crippen LogP contribution in [0.15, 0.2) is 22.7 Å². The molecular weight excluding hydrogens is 254 g/mol. The fraction of sp³-hybridized carbons (Fsp3) is 0. The molecule has 0 unspecified atom stereocenters. The Morgan fingerprint density at radius 1 is 1.14 bits per heavy atom. The molecule has 14 heavy (non-hydrogen) atoms. The second-order valence-electron chi connectivity index (χ2n) is 2.81. The van der Waals surface area contributed by atoms with Crippen molar-refractivity contribution in [2.75, 3.05) is 5.73 Å². The van der Waals surface area contributed by atoms with Gasteiger partial charge in [-0.3, -0.25) is 0 Å². The summed E-state index contributed by atoms with van der Waals surface area (Å²) < 4.78 is 26.8. The molecule has 1 aromatic heterocycles. The van der Waals surface area contributed by atoms with E-state index in [0.29, 0.717) is 9.99 Å². The Kier molecular flexibility index (Phi) is 2.11. The standard InChI is InChI=1S/C9H5BrF2N2/c10-4-1-6(11)5-3-7(12)9(13)14-8(5)2-4/h1-3H,(H2,13,14). The minimum atomic E-state index is -0.710. The third kappa shape index (κ3) is 1.43. The highest BCUT2D eigenvalue weighted by Gasteiger charge is 2.08. The zero-order valence-electron chi connectivity index (χ0n) is 6.89. The number of nitrogen functional groups attached to an aromatic ring is 1. The van der Waals surface area contributed by atoms with E-state index < -0.39 is 11.6 Å². The van der Waals surface area contributed by atoms with Crippen LogP contribution in [0.3, 0.4) is 0 Å². The normalized spacial score (nSPS) is 10.8. The summed E-state index contributed by atoms with van der Waals surface area (Å²) in [6, 6.07) is 3.87. The van der Waals surface area contributed by atoms with Gasteiger partial charge in [0.05, 0.1) is 5.52 Å². The lowest BCUT2D eigenvalue weighted by molar-refractivity contribution is 0.620. The molecule has 2 nitrogen and oxygen atoms in total. The van der Waals surface area contributed by atoms with Gasteiger partial charge in [-0.25, -0.2) is 13.8 Å². The van der Waals surface area contributed by atoms with Gasteiger partial charge in [-0.15, -0.1) is 0 Å². The highest BCUT2D eigenvalue weighted by molar-refractivity contribution is 9.10. The van der Waals surface area contributed by atoms with Crippen LogP contribution in [-0.4, -0.2) is 4.98 Å². The summed E-state index contributed by atoms with van der Waals surface area (Å²) in [6.07, 6.45) is 0. The van der Waals surface area contributed by atoms with Crippen molar-refractivity contribution in [2.45, 2.75) is 0 Å². The number of anilines is 1. The Hall–Kier alpha value is -1.23. The van der Waals surface area contributed by atoms with Gasteiger partial charge in [-0.2, -0.15) is 0 Å². The smallest absolute Gasteiger partial charge is 0.165 e. The third-order valence-electron chi connectivity index (χ3n) is 1.83. The second kappa shape index (κ2) is 3.16. The Morgan fingerprint density at radius 3 is 2.57 bits per heavy atom. The number of nitrogens with zero attached hydrogens (tertiary/aromatic N) is 1. The maximum absolute atomic E-state index is 13.3. The fourth-order valence-corrected chi connectivity index (χ4v) is 1.61. The number of benzene rings is 1. The van der Waals surface area contributed by atoms with E-state index in [0.717, 1.165) is 6.07 Å². The lowest BCUT2D eigenvalue weighted by Crippen LogP contribution is -1.96. The number of halogens is 3. The van der Waals surface area contributed by atoms with Crippen molar-refractivity contribution < 1.29 is 8.78 Å². The Morgan fingerprint density at radius 2 is 1.86 bits per heavy atom. The summed E-state index contributed by atoms with van der Waals surface area (Å²) in [5, 5.41) is 0.125. The van der Waals surface area contributed by atoms with E-state index in [2.05, 4.69) is 20.9 Å². The fourth-order valence-electron chi connectivity index (χ4n) is 1.19. The highest BCUT2D eigenvalue weighted by atomic mass is 79.9. The molecule has 0 aliphatic heterocycles. The minimum Gasteiger partial charge on any atom is -0.381 e. The number of hydrogen-bond donors (Lipinski definition) is 1. The van der Waals surface area contributed by atoms with Gasteiger partial charge in [-0.1, -0.05) is 15.9 Å². The molecule has 0 spiro atoms. The molecule has 0 radical (unpaired) electrons. The third-order valence-corrected chi connectivity index (χ3v) is 2.29. The summed E-state index contributed by atoms with van der Waals surface area (Å²) in [5.41, 5.74) is 5.59. The molecule has 0 aliphatic carbocycles. The van der Waals surface area contributed by atoms with E-state index in [1.54, 1.807) is 6.07 Å². The van der Waals surface area contributed by atoms with E-state index >= 15 is 0 Å². The average molecular weight is 259 g/mol. The molecule has 0 bridgehead atoms. The van der Waals surface area contributed by atoms with Crippen molar-refractivity contribution in [1.29, 1.82) is 0 Å². The molecular formula is C9H5BrF2N2. The van der Waals surface area contributed by atoms with Gasteiger partial charge in [0.25, 0.3) is 0 Å². The first-order chi connectivity index (χ1) is 6.58. The number of nitrogens with two attached hydrogens (primary N) is 1. The first kappa shape index (κ1) is 9.33. The van der Waals surface area contributed by atoms with E-state index in [1.165, 1.54) is 6.07 Å². The molecule has 5 heteroatoms. The number of fused-ring (bicyclic) bond motifs is 1. The molecule has 0 saturated carbocycles. The zero-order valence-corrected chi connectivity index (χ0v) is 8.48. The molecule has 0 amide bonds. The van der Waals surface area contributed by atoms with Crippen LogP contribution in [0.4, 0.5) is 14.6 Å². The van der Waals surface area contributed by atoms with Crippen LogP contribution in [-0.2, 0) is 0 Å². The highest BCUT2D eigenvalue weighted by Crippen LogP contribution is 2.24. The summed E-state index contributed by atoms with van der Waals surface area (Å²) in [6.45, 7) is 0. The van der Waals surface area contributed by atoms with Crippen LogP contribution in [0.25, 0.3) is 10.9 Å². The predicted molar refractivity (Wildman–Crippen MR) is 53.8 cm³/mol. The van der Waals surface area contributed by atoms with Crippen LogP contribution in [0.2, 0.25) is 0 Å². The van der Waals surface area contributed by atoms with E-state index in [9.17, 15) is 8.78 Å². The van der Waals surface area contributed by atoms with Crippen molar-refractivity contribution in [3.05, 3.63) is 34.3 Å². The van der Waals surface area contributed by atoms with Crippen LogP contribution < -0.4 is 5.73 Å². The molecule has 1 aromatic carbocycles. The first-order valence-corrected chi connectivity index (χ1v) is 4.58. The van der Waals surface area contributed by atoms with Crippen LogP contribution in [0, 0.1) is 11.6 Å². The van der Waals surface area contributed by atoms with Gasteiger partial charge in [0, 0.05) is 9.86 Å². The largest absolute Gasteiger partial charge is 0.381 e. The SMILES string of the molecule is Nc1nc2cc(Br)cc(F)c2cc1F. The summed E-state index contributed by atoms with van der Waals surface area (Å²) in [5.74, 6) is -1.46. The van der Waals surface area contributed by atoms with Crippen molar-refractivity contribution in [3.63, 3.8) is 0 Å². The summed E-state index contributed by atoms with van der Waals surface area (Å²) in [4.78, 5) is 3.73. The number of pyridine rings is 1. The maximum Gasteiger partial charge on any atom is 0.165 e. The van der Waals surface area contributed by atoms with Gasteiger partial charge in [0.15, 0.2) is 11.6 Å². The zero-order chi connectivity index (χ0) is 10.3. The maximum atomic E-state index is 13.3. The van der Waals surface area contributed by atoms with Crippen LogP contribution in [0.1, 0.15) is 0 Å². The lowest BCUT2D eigenvalue weighted by atomic mass is 10.2. The number of aromatic nitrogens is 1. The Balaban J connectivity index is 2.89. The van der Waals surface area contributed by atoms with E-state index in [1.807, 2.05) is 0 Å². The second-order valence-corrected chi connectivity index (χ2v) is 3.73. The summed E-state index contributed by atoms with van der Waals surface area (Å²) in [7, 11) is 0. The molecule has 2 N–H and O–H groups in total. The molecule has 2 aromatic rings. The Bertz CT molecular complexity index is 514. The lowest BCUT2D eigenvalue weighted by Gasteiger charge is -2.02. The van der Waals surface area contributed by atoms with Crippen molar-refractivity contribution >= 4 is 32.7 Å². The van der Waals surface area contributed by atoms with Gasteiger partial charge in [-0.05, 0) is 18.2 Å². The van der Waals surface area contributed by atoms with Crippen LogP contribution in [0.5, 0.6) is 0 Å². The minimum absolute atomic E-state index is 0.125. The monoisotopic (exact) mass is 258 g/mol. The molecule has 0 atom stereocenters. The first-order valence-electron chi connectivity index (χ1n) is 3.78. The molecule has 0 saturated heterocycles. The van der Waals surface area contributed by atoms with Crippen molar-refractivity contribution in [1.82, 2.24) is 4.98 Å². The molecule has 0 fully saturated rings. The number of rotatable bonds is 0. The Labute approximate surface area is 86.9 Å². The molecule has 0 aliphatic rings.